The molecule has 0 fully saturated rings. The largest absolute Gasteiger partial charge is 0.726 e. The lowest BCUT2D eigenvalue weighted by atomic mass is 10.00. The van der Waals surface area contributed by atoms with Gasteiger partial charge in [-0.3, -0.25) is 4.99 Å². The molecule has 0 saturated carbocycles. The predicted molar refractivity (Wildman–Crippen MR) is 101 cm³/mol. The van der Waals surface area contributed by atoms with Crippen molar-refractivity contribution in [1.82, 2.24) is 4.98 Å². The number of aryl methyl sites for hydroxylation is 1. The maximum atomic E-state index is 14.2. The molecule has 140 valence electrons. The van der Waals surface area contributed by atoms with Crippen molar-refractivity contribution in [2.24, 2.45) is 4.99 Å². The van der Waals surface area contributed by atoms with Crippen LogP contribution >= 0.6 is 0 Å². The fourth-order valence-corrected chi connectivity index (χ4v) is 3.56. The van der Waals surface area contributed by atoms with Crippen molar-refractivity contribution in [1.29, 1.82) is 0 Å². The molecule has 3 heterocycles. The van der Waals surface area contributed by atoms with E-state index in [1.807, 2.05) is 33.9 Å². The van der Waals surface area contributed by atoms with E-state index in [9.17, 15) is 8.63 Å². The second-order valence-corrected chi connectivity index (χ2v) is 6.34. The van der Waals surface area contributed by atoms with E-state index in [4.69, 9.17) is 9.31 Å². The number of allylic oxidation sites excluding steroid dienone is 3. The van der Waals surface area contributed by atoms with Crippen molar-refractivity contribution in [3.05, 3.63) is 51.7 Å². The fraction of sp³-hybridized carbons (Fsp3) is 0.421. The van der Waals surface area contributed by atoms with E-state index in [0.29, 0.717) is 17.8 Å². The maximum absolute atomic E-state index is 14.2. The van der Waals surface area contributed by atoms with Crippen molar-refractivity contribution >= 4 is 19.1 Å². The van der Waals surface area contributed by atoms with Gasteiger partial charge in [0.2, 0.25) is 0 Å². The normalized spacial score (nSPS) is 21.7. The molecule has 0 saturated heterocycles. The Labute approximate surface area is 152 Å². The van der Waals surface area contributed by atoms with E-state index in [1.165, 1.54) is 6.08 Å². The van der Waals surface area contributed by atoms with Crippen LogP contribution in [0.25, 0.3) is 5.76 Å². The van der Waals surface area contributed by atoms with Crippen molar-refractivity contribution in [2.45, 2.75) is 53.4 Å². The van der Waals surface area contributed by atoms with Gasteiger partial charge in [-0.1, -0.05) is 27.7 Å². The molecule has 0 bridgehead atoms. The summed E-state index contributed by atoms with van der Waals surface area (Å²) in [4.78, 5) is 7.44. The summed E-state index contributed by atoms with van der Waals surface area (Å²) in [6.45, 7) is 8.05. The Morgan fingerprint density at radius 1 is 1.04 bits per heavy atom. The molecule has 0 unspecified atom stereocenters. The Morgan fingerprint density at radius 2 is 1.81 bits per heavy atom. The van der Waals surface area contributed by atoms with Crippen LogP contribution in [0.4, 0.5) is 8.63 Å². The summed E-state index contributed by atoms with van der Waals surface area (Å²) < 4.78 is 38.3. The van der Waals surface area contributed by atoms with Gasteiger partial charge in [-0.15, -0.1) is 0 Å². The number of H-pyrrole nitrogens is 1. The number of aliphatic imine (C=N–C) groups is 1. The highest BCUT2D eigenvalue weighted by Crippen LogP contribution is 2.38. The zero-order chi connectivity index (χ0) is 18.9. The van der Waals surface area contributed by atoms with Crippen LogP contribution in [0.3, 0.4) is 0 Å². The fourth-order valence-electron chi connectivity index (χ4n) is 3.56. The molecule has 1 aromatic heterocycles. The molecule has 7 heteroatoms. The first-order valence-corrected chi connectivity index (χ1v) is 9.23. The first-order chi connectivity index (χ1) is 12.4. The smallest absolute Gasteiger partial charge is 0.626 e. The number of hydrogen-bond donors (Lipinski definition) is 1. The molecule has 3 rings (SSSR count). The Kier molecular flexibility index (Phi) is 5.07. The molecule has 0 aromatic carbocycles. The number of nitrogens with zero attached hydrogens (tertiary/aromatic N) is 1. The van der Waals surface area contributed by atoms with Gasteiger partial charge in [0.25, 0.3) is 0 Å². The Balaban J connectivity index is 2.13. The quantitative estimate of drug-likeness (QED) is 0.722. The van der Waals surface area contributed by atoms with Crippen LogP contribution in [-0.2, 0) is 22.2 Å². The van der Waals surface area contributed by atoms with Gasteiger partial charge in [0, 0.05) is 18.5 Å². The van der Waals surface area contributed by atoms with Crippen LogP contribution in [0.2, 0.25) is 0 Å². The molecule has 0 atom stereocenters. The lowest BCUT2D eigenvalue weighted by Gasteiger charge is -2.35. The predicted octanol–water partition coefficient (Wildman–Crippen LogP) is 5.31. The maximum Gasteiger partial charge on any atom is 0.726 e. The number of hydrogen-bond acceptors (Lipinski definition) is 3. The van der Waals surface area contributed by atoms with Gasteiger partial charge < -0.3 is 22.9 Å². The molecular formula is C19H24BF2N2O2-. The van der Waals surface area contributed by atoms with Crippen LogP contribution in [0.5, 0.6) is 0 Å². The monoisotopic (exact) mass is 361 g/mol. The van der Waals surface area contributed by atoms with Crippen LogP contribution in [0.1, 0.15) is 57.4 Å². The minimum atomic E-state index is -4.45. The third-order valence-corrected chi connectivity index (χ3v) is 4.84. The lowest BCUT2D eigenvalue weighted by molar-refractivity contribution is 0.171. The zero-order valence-corrected chi connectivity index (χ0v) is 15.7. The summed E-state index contributed by atoms with van der Waals surface area (Å²) in [5, 5.41) is 0. The highest BCUT2D eigenvalue weighted by atomic mass is 19.3. The highest BCUT2D eigenvalue weighted by molar-refractivity contribution is 6.53. The standard InChI is InChI=1S/C19H24BF2N2O2/c1-5-12-10-23-18(14(12)7-3)16-9-17(26-20(21,22)25-16)19-15(8-4)13(6-2)11-24-19/h9-11,23H,5-8H2,1-4H3/q-1/b19-17+. The average molecular weight is 361 g/mol. The van der Waals surface area contributed by atoms with E-state index >= 15 is 0 Å². The highest BCUT2D eigenvalue weighted by Gasteiger charge is 2.40. The number of rotatable bonds is 5. The molecular weight excluding hydrogens is 337 g/mol. The van der Waals surface area contributed by atoms with E-state index in [0.717, 1.165) is 41.5 Å². The van der Waals surface area contributed by atoms with Crippen LogP contribution < -0.4 is 0 Å². The van der Waals surface area contributed by atoms with E-state index in [1.54, 1.807) is 6.21 Å². The number of aromatic nitrogens is 1. The van der Waals surface area contributed by atoms with Gasteiger partial charge in [-0.2, -0.15) is 0 Å². The van der Waals surface area contributed by atoms with E-state index < -0.39 is 7.11 Å². The number of nitrogens with one attached hydrogen (secondary N) is 1. The summed E-state index contributed by atoms with van der Waals surface area (Å²) in [5.74, 6) is 0.179. The minimum Gasteiger partial charge on any atom is -0.626 e. The first-order valence-electron chi connectivity index (χ1n) is 9.23. The molecule has 1 aromatic rings. The van der Waals surface area contributed by atoms with E-state index in [-0.39, 0.29) is 11.5 Å². The van der Waals surface area contributed by atoms with Gasteiger partial charge in [0.15, 0.2) is 0 Å². The van der Waals surface area contributed by atoms with Crippen LogP contribution in [0.15, 0.2) is 39.9 Å². The third kappa shape index (κ3) is 3.22. The van der Waals surface area contributed by atoms with Crippen molar-refractivity contribution in [3.63, 3.8) is 0 Å². The van der Waals surface area contributed by atoms with Crippen LogP contribution in [-0.4, -0.2) is 18.3 Å². The second-order valence-electron chi connectivity index (χ2n) is 6.34. The first kappa shape index (κ1) is 18.5. The summed E-state index contributed by atoms with van der Waals surface area (Å²) in [5.41, 5.74) is 5.16. The summed E-state index contributed by atoms with van der Waals surface area (Å²) in [6.07, 6.45) is 8.18. The third-order valence-electron chi connectivity index (χ3n) is 4.84. The summed E-state index contributed by atoms with van der Waals surface area (Å²) in [6, 6.07) is 0. The Hall–Kier alpha value is -2.31. The second kappa shape index (κ2) is 7.13. The topological polar surface area (TPSA) is 46.6 Å². The SMILES string of the molecule is CCC1=C(CC)/C(=C2/C=C(c3[nH]cc(CC)c3CC)O[B-](F)(F)O2)N=C1. The molecule has 2 aliphatic rings. The lowest BCUT2D eigenvalue weighted by Crippen LogP contribution is -2.34. The zero-order valence-electron chi connectivity index (χ0n) is 15.7. The average Bonchev–Trinajstić information content (AvgIpc) is 3.22. The molecule has 4 nitrogen and oxygen atoms in total. The molecule has 0 spiro atoms. The van der Waals surface area contributed by atoms with Crippen molar-refractivity contribution in [3.8, 4) is 0 Å². The van der Waals surface area contributed by atoms with Gasteiger partial charge in [0.1, 0.15) is 17.2 Å². The van der Waals surface area contributed by atoms with Crippen molar-refractivity contribution < 1.29 is 17.9 Å². The van der Waals surface area contributed by atoms with Gasteiger partial charge >= 0.3 is 7.11 Å². The number of halogens is 2. The van der Waals surface area contributed by atoms with Gasteiger partial charge in [-0.05, 0) is 48.0 Å². The molecule has 2 aliphatic heterocycles. The Morgan fingerprint density at radius 3 is 2.42 bits per heavy atom. The number of aromatic amines is 1. The summed E-state index contributed by atoms with van der Waals surface area (Å²) in [7, 11) is -4.45. The van der Waals surface area contributed by atoms with Gasteiger partial charge in [0.05, 0.1) is 5.69 Å². The van der Waals surface area contributed by atoms with E-state index in [2.05, 4.69) is 9.98 Å². The van der Waals surface area contributed by atoms with Crippen molar-refractivity contribution in [2.75, 3.05) is 0 Å². The molecule has 1 N–H and O–H groups in total. The Bertz CT molecular complexity index is 835. The molecule has 0 aliphatic carbocycles. The molecule has 0 radical (unpaired) electrons. The molecule has 26 heavy (non-hydrogen) atoms. The van der Waals surface area contributed by atoms with Crippen LogP contribution in [0, 0.1) is 0 Å². The summed E-state index contributed by atoms with van der Waals surface area (Å²) >= 11 is 0. The minimum absolute atomic E-state index is 0.0718. The molecule has 0 amide bonds. The van der Waals surface area contributed by atoms with Gasteiger partial charge in [-0.25, -0.2) is 0 Å².